The van der Waals surface area contributed by atoms with Crippen LogP contribution in [0.4, 0.5) is 18.9 Å². The average molecular weight is 314 g/mol. The molecule has 2 aliphatic rings. The minimum absolute atomic E-state index is 0.552. The lowest BCUT2D eigenvalue weighted by Crippen LogP contribution is -2.06. The Morgan fingerprint density at radius 1 is 1.22 bits per heavy atom. The molecule has 1 heterocycles. The molecule has 92 valence electrons. The van der Waals surface area contributed by atoms with Gasteiger partial charge in [-0.1, -0.05) is 28.1 Å². The smallest absolute Gasteiger partial charge is 0.252 e. The van der Waals surface area contributed by atoms with E-state index in [1.54, 1.807) is 0 Å². The van der Waals surface area contributed by atoms with Gasteiger partial charge in [0.2, 0.25) is 0 Å². The normalized spacial score (nSPS) is 17.7. The van der Waals surface area contributed by atoms with Crippen molar-refractivity contribution in [2.24, 2.45) is 4.99 Å². The summed E-state index contributed by atoms with van der Waals surface area (Å²) in [6.45, 7) is 0. The number of nitrogens with zero attached hydrogens (tertiary/aromatic N) is 1. The van der Waals surface area contributed by atoms with E-state index < -0.39 is 11.7 Å². The quantitative estimate of drug-likeness (QED) is 0.648. The van der Waals surface area contributed by atoms with Crippen LogP contribution in [0.25, 0.3) is 5.57 Å². The van der Waals surface area contributed by atoms with E-state index in [0.29, 0.717) is 17.7 Å². The molecule has 1 aromatic rings. The summed E-state index contributed by atoms with van der Waals surface area (Å²) >= 11 is 3.37. The summed E-state index contributed by atoms with van der Waals surface area (Å²) in [6, 6.07) is 3.67. The minimum atomic E-state index is -4.32. The van der Waals surface area contributed by atoms with Crippen molar-refractivity contribution < 1.29 is 13.2 Å². The number of alkyl halides is 3. The molecular weight excluding hydrogens is 307 g/mol. The maximum atomic E-state index is 12.7. The molecule has 0 aromatic heterocycles. The third-order valence-corrected chi connectivity index (χ3v) is 3.61. The van der Waals surface area contributed by atoms with Gasteiger partial charge in [0.1, 0.15) is 0 Å². The van der Waals surface area contributed by atoms with Crippen molar-refractivity contribution in [1.29, 1.82) is 0 Å². The van der Waals surface area contributed by atoms with E-state index in [2.05, 4.69) is 20.9 Å². The SMILES string of the molecule is FC(F)(F)c1ccc2c(c1)C1=C(Br)C=CCC1=N2. The minimum Gasteiger partial charge on any atom is -0.252 e. The molecule has 0 unspecified atom stereocenters. The number of allylic oxidation sites excluding steroid dienone is 4. The Morgan fingerprint density at radius 2 is 2.00 bits per heavy atom. The molecule has 0 amide bonds. The number of hydrogen-bond acceptors (Lipinski definition) is 1. The van der Waals surface area contributed by atoms with Gasteiger partial charge >= 0.3 is 6.18 Å². The first kappa shape index (κ1) is 11.7. The molecule has 5 heteroatoms. The lowest BCUT2D eigenvalue weighted by atomic mass is 9.96. The van der Waals surface area contributed by atoms with Crippen LogP contribution in [0.5, 0.6) is 0 Å². The Hall–Kier alpha value is -1.36. The molecule has 0 N–H and O–H groups in total. The highest BCUT2D eigenvalue weighted by atomic mass is 79.9. The topological polar surface area (TPSA) is 12.4 Å². The van der Waals surface area contributed by atoms with Crippen LogP contribution in [0, 0.1) is 0 Å². The van der Waals surface area contributed by atoms with Gasteiger partial charge in [-0.05, 0) is 18.2 Å². The molecule has 1 nitrogen and oxygen atoms in total. The van der Waals surface area contributed by atoms with E-state index in [4.69, 9.17) is 0 Å². The zero-order valence-electron chi connectivity index (χ0n) is 9.05. The maximum absolute atomic E-state index is 12.7. The second-order valence-electron chi connectivity index (χ2n) is 4.12. The highest BCUT2D eigenvalue weighted by molar-refractivity contribution is 9.12. The third kappa shape index (κ3) is 1.73. The number of halogens is 4. The van der Waals surface area contributed by atoms with Gasteiger partial charge in [-0.25, -0.2) is 0 Å². The van der Waals surface area contributed by atoms with E-state index in [9.17, 15) is 13.2 Å². The van der Waals surface area contributed by atoms with Crippen molar-refractivity contribution in [1.82, 2.24) is 0 Å². The largest absolute Gasteiger partial charge is 0.416 e. The second-order valence-corrected chi connectivity index (χ2v) is 4.97. The van der Waals surface area contributed by atoms with Crippen LogP contribution in [0.3, 0.4) is 0 Å². The van der Waals surface area contributed by atoms with Crippen LogP contribution < -0.4 is 0 Å². The van der Waals surface area contributed by atoms with Crippen molar-refractivity contribution in [3.8, 4) is 0 Å². The molecule has 18 heavy (non-hydrogen) atoms. The Kier molecular flexibility index (Phi) is 2.48. The predicted octanol–water partition coefficient (Wildman–Crippen LogP) is 4.86. The summed E-state index contributed by atoms with van der Waals surface area (Å²) in [4.78, 5) is 4.36. The number of hydrogen-bond donors (Lipinski definition) is 0. The summed E-state index contributed by atoms with van der Waals surface area (Å²) in [5, 5.41) is 0. The van der Waals surface area contributed by atoms with Crippen LogP contribution in [0.15, 0.2) is 39.8 Å². The second kappa shape index (κ2) is 3.82. The summed E-state index contributed by atoms with van der Waals surface area (Å²) in [6.07, 6.45) is 0.114. The van der Waals surface area contributed by atoms with E-state index in [1.165, 1.54) is 12.1 Å². The zero-order valence-corrected chi connectivity index (χ0v) is 10.6. The van der Waals surface area contributed by atoms with Gasteiger partial charge < -0.3 is 0 Å². The first-order valence-electron chi connectivity index (χ1n) is 5.32. The monoisotopic (exact) mass is 313 g/mol. The first-order valence-corrected chi connectivity index (χ1v) is 6.12. The summed E-state index contributed by atoms with van der Waals surface area (Å²) < 4.78 is 38.9. The van der Waals surface area contributed by atoms with Gasteiger partial charge in [0.05, 0.1) is 17.0 Å². The fraction of sp³-hybridized carbons (Fsp3) is 0.154. The van der Waals surface area contributed by atoms with Gasteiger partial charge in [-0.3, -0.25) is 4.99 Å². The van der Waals surface area contributed by atoms with E-state index in [-0.39, 0.29) is 0 Å². The fourth-order valence-corrected chi connectivity index (χ4v) is 2.77. The van der Waals surface area contributed by atoms with Gasteiger partial charge in [0, 0.05) is 22.0 Å². The van der Waals surface area contributed by atoms with Gasteiger partial charge in [0.25, 0.3) is 0 Å². The van der Waals surface area contributed by atoms with E-state index in [1.807, 2.05) is 12.2 Å². The Bertz CT molecular complexity index is 624. The van der Waals surface area contributed by atoms with Crippen molar-refractivity contribution in [2.45, 2.75) is 12.6 Å². The molecule has 0 radical (unpaired) electrons. The molecule has 1 aliphatic heterocycles. The highest BCUT2D eigenvalue weighted by Crippen LogP contribution is 2.43. The van der Waals surface area contributed by atoms with Crippen molar-refractivity contribution in [3.63, 3.8) is 0 Å². The fourth-order valence-electron chi connectivity index (χ4n) is 2.14. The predicted molar refractivity (Wildman–Crippen MR) is 68.1 cm³/mol. The zero-order chi connectivity index (χ0) is 12.9. The molecule has 0 spiro atoms. The summed E-state index contributed by atoms with van der Waals surface area (Å²) in [5.74, 6) is 0. The average Bonchev–Trinajstić information content (AvgIpc) is 2.66. The number of benzene rings is 1. The van der Waals surface area contributed by atoms with Crippen LogP contribution in [-0.4, -0.2) is 5.71 Å². The number of fused-ring (bicyclic) bond motifs is 3. The standard InChI is InChI=1S/C13H7BrF3N/c14-9-2-1-3-11-12(9)8-6-7(13(15,16)17)4-5-10(8)18-11/h1-2,4-6H,3H2. The van der Waals surface area contributed by atoms with Crippen molar-refractivity contribution in [3.05, 3.63) is 46.0 Å². The molecule has 1 aliphatic carbocycles. The molecule has 0 atom stereocenters. The maximum Gasteiger partial charge on any atom is 0.416 e. The summed E-state index contributed by atoms with van der Waals surface area (Å²) in [7, 11) is 0. The lowest BCUT2D eigenvalue weighted by molar-refractivity contribution is -0.137. The van der Waals surface area contributed by atoms with Gasteiger partial charge in [-0.15, -0.1) is 0 Å². The van der Waals surface area contributed by atoms with Gasteiger partial charge in [-0.2, -0.15) is 13.2 Å². The molecule has 0 bridgehead atoms. The van der Waals surface area contributed by atoms with E-state index >= 15 is 0 Å². The Morgan fingerprint density at radius 3 is 2.72 bits per heavy atom. The summed E-state index contributed by atoms with van der Waals surface area (Å²) in [5.41, 5.74) is 2.11. The third-order valence-electron chi connectivity index (χ3n) is 2.95. The number of aliphatic imine (C=N–C) groups is 1. The van der Waals surface area contributed by atoms with Crippen LogP contribution in [-0.2, 0) is 6.18 Å². The molecule has 0 saturated heterocycles. The molecule has 3 rings (SSSR count). The van der Waals surface area contributed by atoms with Crippen LogP contribution >= 0.6 is 15.9 Å². The molecule has 1 aromatic carbocycles. The Labute approximate surface area is 110 Å². The van der Waals surface area contributed by atoms with Crippen LogP contribution in [0.2, 0.25) is 0 Å². The van der Waals surface area contributed by atoms with Crippen molar-refractivity contribution in [2.75, 3.05) is 0 Å². The molecule has 0 fully saturated rings. The van der Waals surface area contributed by atoms with Crippen LogP contribution in [0.1, 0.15) is 17.5 Å². The van der Waals surface area contributed by atoms with E-state index in [0.717, 1.165) is 21.8 Å². The molecule has 0 saturated carbocycles. The Balaban J connectivity index is 2.19. The highest BCUT2D eigenvalue weighted by Gasteiger charge is 2.33. The first-order chi connectivity index (χ1) is 8.47. The van der Waals surface area contributed by atoms with Crippen molar-refractivity contribution >= 4 is 32.9 Å². The van der Waals surface area contributed by atoms with Gasteiger partial charge in [0.15, 0.2) is 0 Å². The lowest BCUT2D eigenvalue weighted by Gasteiger charge is -2.11. The number of rotatable bonds is 0. The molecular formula is C13H7BrF3N.